The van der Waals surface area contributed by atoms with Gasteiger partial charge in [0, 0.05) is 24.7 Å². The van der Waals surface area contributed by atoms with Crippen LogP contribution in [0.5, 0.6) is 0 Å². The Balaban J connectivity index is 1.89. The number of aromatic nitrogens is 1. The van der Waals surface area contributed by atoms with E-state index in [9.17, 15) is 9.59 Å². The molecule has 0 saturated heterocycles. The minimum absolute atomic E-state index is 0.145. The number of rotatable bonds is 6. The maximum absolute atomic E-state index is 13.1. The van der Waals surface area contributed by atoms with E-state index in [0.717, 1.165) is 41.4 Å². The molecule has 2 aromatic rings. The number of methoxy groups -OCH3 is 1. The molecule has 29 heavy (non-hydrogen) atoms. The number of nitrogens with one attached hydrogen (secondary N) is 1. The Kier molecular flexibility index (Phi) is 6.52. The van der Waals surface area contributed by atoms with E-state index in [4.69, 9.17) is 14.5 Å². The molecule has 1 atom stereocenters. The van der Waals surface area contributed by atoms with Crippen molar-refractivity contribution in [1.29, 1.82) is 0 Å². The zero-order chi connectivity index (χ0) is 21.0. The summed E-state index contributed by atoms with van der Waals surface area (Å²) in [7, 11) is 1.56. The second-order valence-electron chi connectivity index (χ2n) is 8.65. The van der Waals surface area contributed by atoms with Gasteiger partial charge in [-0.1, -0.05) is 39.0 Å². The molecule has 156 valence electrons. The second-order valence-corrected chi connectivity index (χ2v) is 8.65. The third-order valence-corrected chi connectivity index (χ3v) is 5.65. The van der Waals surface area contributed by atoms with E-state index < -0.39 is 5.97 Å². The lowest BCUT2D eigenvalue weighted by Gasteiger charge is -2.35. The highest BCUT2D eigenvalue weighted by Crippen LogP contribution is 2.39. The van der Waals surface area contributed by atoms with Crippen molar-refractivity contribution in [2.24, 2.45) is 11.3 Å². The van der Waals surface area contributed by atoms with Crippen LogP contribution >= 0.6 is 0 Å². The number of ether oxygens (including phenoxy) is 2. The molecule has 1 heterocycles. The van der Waals surface area contributed by atoms with Gasteiger partial charge in [-0.2, -0.15) is 0 Å². The third kappa shape index (κ3) is 4.93. The van der Waals surface area contributed by atoms with Gasteiger partial charge in [-0.05, 0) is 42.2 Å². The average Bonchev–Trinajstić information content (AvgIpc) is 2.69. The molecule has 1 amide bonds. The van der Waals surface area contributed by atoms with Gasteiger partial charge in [0.25, 0.3) is 5.91 Å². The molecule has 0 fully saturated rings. The lowest BCUT2D eigenvalue weighted by molar-refractivity contribution is -0.124. The van der Waals surface area contributed by atoms with Crippen LogP contribution < -0.4 is 5.32 Å². The molecular formula is C23H30N2O4. The lowest BCUT2D eigenvalue weighted by atomic mass is 9.70. The predicted molar refractivity (Wildman–Crippen MR) is 112 cm³/mol. The van der Waals surface area contributed by atoms with Crippen molar-refractivity contribution in [3.8, 4) is 0 Å². The first kappa shape index (κ1) is 21.2. The van der Waals surface area contributed by atoms with Gasteiger partial charge in [0.05, 0.1) is 17.7 Å². The summed E-state index contributed by atoms with van der Waals surface area (Å²) in [6.45, 7) is 7.19. The van der Waals surface area contributed by atoms with Gasteiger partial charge in [0.15, 0.2) is 6.61 Å². The van der Waals surface area contributed by atoms with E-state index in [2.05, 4.69) is 26.1 Å². The van der Waals surface area contributed by atoms with Gasteiger partial charge in [-0.15, -0.1) is 0 Å². The highest BCUT2D eigenvalue weighted by molar-refractivity contribution is 6.05. The van der Waals surface area contributed by atoms with Gasteiger partial charge in [-0.3, -0.25) is 9.78 Å². The first-order valence-corrected chi connectivity index (χ1v) is 10.1. The Hall–Kier alpha value is -2.47. The van der Waals surface area contributed by atoms with Crippen LogP contribution in [0.3, 0.4) is 0 Å². The first-order valence-electron chi connectivity index (χ1n) is 10.1. The molecule has 0 unspecified atom stereocenters. The van der Waals surface area contributed by atoms with Crippen molar-refractivity contribution in [1.82, 2.24) is 10.3 Å². The van der Waals surface area contributed by atoms with Crippen molar-refractivity contribution >= 4 is 22.8 Å². The standard InChI is InChI=1S/C23H30N2O4/c1-23(2,3)15-9-10-19-17(13-15)21(16-7-5-6-8-18(16)25-19)22(27)29-14-20(26)24-11-12-28-4/h5-8,15H,9-14H2,1-4H3,(H,24,26)/t15-/m1/s1. The summed E-state index contributed by atoms with van der Waals surface area (Å²) < 4.78 is 10.3. The quantitative estimate of drug-likeness (QED) is 0.597. The summed E-state index contributed by atoms with van der Waals surface area (Å²) in [5.74, 6) is -0.339. The summed E-state index contributed by atoms with van der Waals surface area (Å²) in [4.78, 5) is 29.8. The molecule has 0 radical (unpaired) electrons. The van der Waals surface area contributed by atoms with E-state index in [1.165, 1.54) is 0 Å². The van der Waals surface area contributed by atoms with Crippen LogP contribution in [0, 0.1) is 11.3 Å². The largest absolute Gasteiger partial charge is 0.452 e. The molecule has 0 bridgehead atoms. The molecular weight excluding hydrogens is 368 g/mol. The topological polar surface area (TPSA) is 77.5 Å². The summed E-state index contributed by atoms with van der Waals surface area (Å²) in [5.41, 5.74) is 3.44. The average molecular weight is 399 g/mol. The van der Waals surface area contributed by atoms with Crippen LogP contribution in [0.15, 0.2) is 24.3 Å². The summed E-state index contributed by atoms with van der Waals surface area (Å²) >= 11 is 0. The number of carbonyl (C=O) groups is 2. The number of nitrogens with zero attached hydrogens (tertiary/aromatic N) is 1. The van der Waals surface area contributed by atoms with E-state index in [0.29, 0.717) is 24.6 Å². The number of carbonyl (C=O) groups excluding carboxylic acids is 2. The van der Waals surface area contributed by atoms with Crippen molar-refractivity contribution < 1.29 is 19.1 Å². The molecule has 1 aromatic heterocycles. The molecule has 1 aromatic carbocycles. The van der Waals surface area contributed by atoms with Crippen LogP contribution in [0.1, 0.15) is 48.8 Å². The maximum atomic E-state index is 13.1. The highest BCUT2D eigenvalue weighted by atomic mass is 16.5. The third-order valence-electron chi connectivity index (χ3n) is 5.65. The molecule has 0 aliphatic heterocycles. The second kappa shape index (κ2) is 8.91. The molecule has 6 heteroatoms. The number of hydrogen-bond donors (Lipinski definition) is 1. The minimum atomic E-state index is -0.462. The monoisotopic (exact) mass is 398 g/mol. The smallest absolute Gasteiger partial charge is 0.339 e. The van der Waals surface area contributed by atoms with Crippen LogP contribution in [0.4, 0.5) is 0 Å². The Morgan fingerprint density at radius 3 is 2.72 bits per heavy atom. The highest BCUT2D eigenvalue weighted by Gasteiger charge is 2.33. The van der Waals surface area contributed by atoms with Crippen molar-refractivity contribution in [3.63, 3.8) is 0 Å². The van der Waals surface area contributed by atoms with Crippen LogP contribution in [0.25, 0.3) is 10.9 Å². The van der Waals surface area contributed by atoms with Crippen molar-refractivity contribution in [3.05, 3.63) is 41.1 Å². The minimum Gasteiger partial charge on any atom is -0.452 e. The Labute approximate surface area is 172 Å². The van der Waals surface area contributed by atoms with Crippen molar-refractivity contribution in [2.45, 2.75) is 40.0 Å². The molecule has 6 nitrogen and oxygen atoms in total. The van der Waals surface area contributed by atoms with E-state index >= 15 is 0 Å². The normalized spacial score (nSPS) is 16.3. The van der Waals surface area contributed by atoms with Gasteiger partial charge in [-0.25, -0.2) is 4.79 Å². The molecule has 3 rings (SSSR count). The fourth-order valence-corrected chi connectivity index (χ4v) is 3.91. The van der Waals surface area contributed by atoms with Gasteiger partial charge in [0.2, 0.25) is 0 Å². The SMILES string of the molecule is COCCNC(=O)COC(=O)c1c2c(nc3ccccc13)CC[C@@H](C(C)(C)C)C2. The lowest BCUT2D eigenvalue weighted by Crippen LogP contribution is -2.32. The summed E-state index contributed by atoms with van der Waals surface area (Å²) in [6, 6.07) is 7.63. The molecule has 0 spiro atoms. The van der Waals surface area contributed by atoms with E-state index in [1.54, 1.807) is 7.11 Å². The number of para-hydroxylation sites is 1. The zero-order valence-corrected chi connectivity index (χ0v) is 17.7. The number of pyridine rings is 1. The Morgan fingerprint density at radius 2 is 2.00 bits per heavy atom. The zero-order valence-electron chi connectivity index (χ0n) is 17.7. The van der Waals surface area contributed by atoms with E-state index in [-0.39, 0.29) is 17.9 Å². The van der Waals surface area contributed by atoms with E-state index in [1.807, 2.05) is 24.3 Å². The summed E-state index contributed by atoms with van der Waals surface area (Å²) in [5, 5.41) is 3.45. The van der Waals surface area contributed by atoms with Crippen molar-refractivity contribution in [2.75, 3.05) is 26.9 Å². The maximum Gasteiger partial charge on any atom is 0.339 e. The molecule has 1 N–H and O–H groups in total. The van der Waals surface area contributed by atoms with Gasteiger partial charge >= 0.3 is 5.97 Å². The number of hydrogen-bond acceptors (Lipinski definition) is 5. The van der Waals surface area contributed by atoms with Gasteiger partial charge < -0.3 is 14.8 Å². The molecule has 0 saturated carbocycles. The number of benzene rings is 1. The number of aryl methyl sites for hydroxylation is 1. The van der Waals surface area contributed by atoms with Crippen LogP contribution in [-0.4, -0.2) is 43.7 Å². The number of fused-ring (bicyclic) bond motifs is 2. The Morgan fingerprint density at radius 1 is 1.24 bits per heavy atom. The van der Waals surface area contributed by atoms with Gasteiger partial charge in [0.1, 0.15) is 0 Å². The number of amides is 1. The fourth-order valence-electron chi connectivity index (χ4n) is 3.91. The summed E-state index contributed by atoms with van der Waals surface area (Å²) in [6.07, 6.45) is 2.69. The Bertz CT molecular complexity index is 902. The first-order chi connectivity index (χ1) is 13.8. The number of esters is 1. The predicted octanol–water partition coefficient (Wildman–Crippen LogP) is 3.31. The van der Waals surface area contributed by atoms with Crippen LogP contribution in [-0.2, 0) is 27.1 Å². The fraction of sp³-hybridized carbons (Fsp3) is 0.522. The molecule has 1 aliphatic carbocycles. The molecule has 1 aliphatic rings. The van der Waals surface area contributed by atoms with Crippen LogP contribution in [0.2, 0.25) is 0 Å².